The van der Waals surface area contributed by atoms with Crippen LogP contribution < -0.4 is 5.43 Å². The summed E-state index contributed by atoms with van der Waals surface area (Å²) >= 11 is 0. The lowest BCUT2D eigenvalue weighted by Crippen LogP contribution is -2.26. The molecular weight excluding hydrogens is 338 g/mol. The van der Waals surface area contributed by atoms with Crippen LogP contribution in [-0.2, 0) is 17.9 Å². The van der Waals surface area contributed by atoms with Crippen LogP contribution in [0.2, 0.25) is 0 Å². The Kier molecular flexibility index (Phi) is 5.11. The zero-order chi connectivity index (χ0) is 18.6. The quantitative estimate of drug-likeness (QED) is 0.404. The van der Waals surface area contributed by atoms with Crippen LogP contribution in [0, 0.1) is 27.2 Å². The molecular formula is C11H13N9O5. The van der Waals surface area contributed by atoms with Gasteiger partial charge in [-0.05, 0) is 23.7 Å². The molecule has 0 fully saturated rings. The summed E-state index contributed by atoms with van der Waals surface area (Å²) in [5.74, 6) is -1.42. The number of nitro groups is 2. The van der Waals surface area contributed by atoms with E-state index in [1.54, 1.807) is 13.8 Å². The van der Waals surface area contributed by atoms with Crippen LogP contribution in [0.5, 0.6) is 0 Å². The Morgan fingerprint density at radius 3 is 2.56 bits per heavy atom. The minimum absolute atomic E-state index is 0.0907. The first-order valence-electron chi connectivity index (χ1n) is 6.81. The van der Waals surface area contributed by atoms with E-state index in [1.807, 2.05) is 0 Å². The maximum Gasteiger partial charge on any atom is 0.490 e. The number of hydrogen-bond acceptors (Lipinski definition) is 9. The number of carbonyl (C=O) groups excluding carboxylic acids is 1. The minimum Gasteiger partial charge on any atom is -0.390 e. The second kappa shape index (κ2) is 7.24. The molecule has 0 bridgehead atoms. The molecule has 0 unspecified atom stereocenters. The predicted octanol–water partition coefficient (Wildman–Crippen LogP) is -0.208. The van der Waals surface area contributed by atoms with Gasteiger partial charge in [0.2, 0.25) is 6.33 Å². The Morgan fingerprint density at radius 1 is 1.28 bits per heavy atom. The highest BCUT2D eigenvalue weighted by Gasteiger charge is 2.17. The fourth-order valence-electron chi connectivity index (χ4n) is 1.79. The SMILES string of the molecule is C/C(Cn1cnc([N+](=O)[O-])n1)=N\NC(=O)Cn1nc([N+](=O)[O-])cc1C. The molecule has 132 valence electrons. The molecule has 14 heteroatoms. The van der Waals surface area contributed by atoms with Crippen molar-refractivity contribution in [1.82, 2.24) is 30.0 Å². The van der Waals surface area contributed by atoms with Crippen LogP contribution in [0.4, 0.5) is 11.8 Å². The fraction of sp³-hybridized carbons (Fsp3) is 0.364. The molecule has 2 heterocycles. The molecule has 14 nitrogen and oxygen atoms in total. The van der Waals surface area contributed by atoms with Gasteiger partial charge in [-0.15, -0.1) is 0 Å². The van der Waals surface area contributed by atoms with Gasteiger partial charge in [0, 0.05) is 5.10 Å². The van der Waals surface area contributed by atoms with Gasteiger partial charge in [-0.1, -0.05) is 4.98 Å². The van der Waals surface area contributed by atoms with Gasteiger partial charge in [0.25, 0.3) is 5.91 Å². The molecule has 0 aliphatic heterocycles. The summed E-state index contributed by atoms with van der Waals surface area (Å²) in [7, 11) is 0. The van der Waals surface area contributed by atoms with Crippen molar-refractivity contribution in [2.24, 2.45) is 5.10 Å². The third-order valence-corrected chi connectivity index (χ3v) is 2.90. The van der Waals surface area contributed by atoms with E-state index in [9.17, 15) is 25.0 Å². The zero-order valence-electron chi connectivity index (χ0n) is 13.2. The van der Waals surface area contributed by atoms with Crippen molar-refractivity contribution >= 4 is 23.4 Å². The van der Waals surface area contributed by atoms with Crippen LogP contribution in [0.1, 0.15) is 12.6 Å². The van der Waals surface area contributed by atoms with Gasteiger partial charge in [-0.3, -0.25) is 4.79 Å². The number of hydrogen-bond donors (Lipinski definition) is 1. The number of rotatable bonds is 7. The second-order valence-electron chi connectivity index (χ2n) is 4.94. The van der Waals surface area contributed by atoms with Crippen LogP contribution in [0.25, 0.3) is 0 Å². The van der Waals surface area contributed by atoms with Gasteiger partial charge in [-0.2, -0.15) is 14.5 Å². The Bertz CT molecular complexity index is 852. The molecule has 0 aromatic carbocycles. The number of carbonyl (C=O) groups is 1. The number of amides is 1. The van der Waals surface area contributed by atoms with Crippen LogP contribution in [0.3, 0.4) is 0 Å². The topological polar surface area (TPSA) is 176 Å². The van der Waals surface area contributed by atoms with E-state index in [4.69, 9.17) is 0 Å². The highest BCUT2D eigenvalue weighted by molar-refractivity contribution is 5.84. The third-order valence-electron chi connectivity index (χ3n) is 2.90. The van der Waals surface area contributed by atoms with E-state index in [2.05, 4.69) is 25.7 Å². The van der Waals surface area contributed by atoms with Crippen LogP contribution in [0.15, 0.2) is 17.5 Å². The molecule has 0 radical (unpaired) electrons. The first-order chi connectivity index (χ1) is 11.8. The Labute approximate surface area is 139 Å². The van der Waals surface area contributed by atoms with Gasteiger partial charge in [0.1, 0.15) is 6.54 Å². The lowest BCUT2D eigenvalue weighted by molar-refractivity contribution is -0.394. The fourth-order valence-corrected chi connectivity index (χ4v) is 1.79. The van der Waals surface area contributed by atoms with Crippen molar-refractivity contribution < 1.29 is 14.6 Å². The second-order valence-corrected chi connectivity index (χ2v) is 4.94. The first-order valence-corrected chi connectivity index (χ1v) is 6.81. The van der Waals surface area contributed by atoms with E-state index >= 15 is 0 Å². The minimum atomic E-state index is -0.726. The van der Waals surface area contributed by atoms with Crippen molar-refractivity contribution in [2.45, 2.75) is 26.9 Å². The van der Waals surface area contributed by atoms with E-state index < -0.39 is 21.7 Å². The largest absolute Gasteiger partial charge is 0.490 e. The maximum absolute atomic E-state index is 11.8. The smallest absolute Gasteiger partial charge is 0.390 e. The average molecular weight is 351 g/mol. The molecule has 2 rings (SSSR count). The van der Waals surface area contributed by atoms with E-state index in [0.717, 1.165) is 0 Å². The molecule has 0 spiro atoms. The molecule has 0 aliphatic rings. The number of hydrazone groups is 1. The third kappa shape index (κ3) is 4.63. The summed E-state index contributed by atoms with van der Waals surface area (Å²) in [6.07, 6.45) is 1.17. The zero-order valence-corrected chi connectivity index (χ0v) is 13.2. The van der Waals surface area contributed by atoms with Crippen molar-refractivity contribution in [3.8, 4) is 0 Å². The van der Waals surface area contributed by atoms with Gasteiger partial charge >= 0.3 is 11.8 Å². The predicted molar refractivity (Wildman–Crippen MR) is 81.5 cm³/mol. The molecule has 1 N–H and O–H groups in total. The van der Waals surface area contributed by atoms with E-state index in [1.165, 1.54) is 21.8 Å². The standard InChI is InChI=1S/C11H13N9O5/c1-7(4-17-6-12-11(16-17)20(24)25)13-14-10(21)5-18-8(2)3-9(15-18)19(22)23/h3,6H,4-5H2,1-2H3,(H,14,21)/b13-7+. The normalized spacial score (nSPS) is 11.4. The Hall–Kier alpha value is -3.71. The molecule has 1 amide bonds. The van der Waals surface area contributed by atoms with Crippen molar-refractivity contribution in [1.29, 1.82) is 0 Å². The van der Waals surface area contributed by atoms with Gasteiger partial charge in [0.15, 0.2) is 0 Å². The lowest BCUT2D eigenvalue weighted by Gasteiger charge is -2.01. The molecule has 25 heavy (non-hydrogen) atoms. The number of nitrogens with one attached hydrogen (secondary N) is 1. The maximum atomic E-state index is 11.8. The molecule has 0 saturated carbocycles. The summed E-state index contributed by atoms with van der Waals surface area (Å²) in [5.41, 5.74) is 3.14. The average Bonchev–Trinajstić information content (AvgIpc) is 3.13. The van der Waals surface area contributed by atoms with E-state index in [-0.39, 0.29) is 18.9 Å². The number of aromatic nitrogens is 5. The molecule has 2 aromatic heterocycles. The monoisotopic (exact) mass is 351 g/mol. The summed E-state index contributed by atoms with van der Waals surface area (Å²) < 4.78 is 2.38. The Balaban J connectivity index is 1.92. The van der Waals surface area contributed by atoms with E-state index in [0.29, 0.717) is 11.4 Å². The highest BCUT2D eigenvalue weighted by Crippen LogP contribution is 2.10. The molecule has 0 saturated heterocycles. The first kappa shape index (κ1) is 17.6. The summed E-state index contributed by atoms with van der Waals surface area (Å²) in [5, 5.41) is 32.2. The number of aryl methyl sites for hydroxylation is 1. The number of nitrogens with zero attached hydrogens (tertiary/aromatic N) is 8. The lowest BCUT2D eigenvalue weighted by atomic mass is 10.4. The van der Waals surface area contributed by atoms with Crippen LogP contribution >= 0.6 is 0 Å². The van der Waals surface area contributed by atoms with Crippen molar-refractivity contribution in [2.75, 3.05) is 0 Å². The summed E-state index contributed by atoms with van der Waals surface area (Å²) in [6, 6.07) is 1.25. The van der Waals surface area contributed by atoms with Crippen LogP contribution in [-0.4, -0.2) is 46.0 Å². The van der Waals surface area contributed by atoms with Gasteiger partial charge < -0.3 is 20.2 Å². The van der Waals surface area contributed by atoms with Crippen molar-refractivity contribution in [3.05, 3.63) is 38.3 Å². The molecule has 0 aliphatic carbocycles. The Morgan fingerprint density at radius 2 is 2.00 bits per heavy atom. The summed E-state index contributed by atoms with van der Waals surface area (Å²) in [6.45, 7) is 3.01. The molecule has 0 atom stereocenters. The van der Waals surface area contributed by atoms with Gasteiger partial charge in [-0.25, -0.2) is 5.43 Å². The van der Waals surface area contributed by atoms with Crippen molar-refractivity contribution in [3.63, 3.8) is 0 Å². The summed E-state index contributed by atoms with van der Waals surface area (Å²) in [4.78, 5) is 35.1. The van der Waals surface area contributed by atoms with Gasteiger partial charge in [0.05, 0.1) is 29.1 Å². The molecule has 2 aromatic rings. The highest BCUT2D eigenvalue weighted by atomic mass is 16.6.